The maximum absolute atomic E-state index is 12.8. The van der Waals surface area contributed by atoms with Crippen molar-refractivity contribution in [3.8, 4) is 0 Å². The molecule has 0 bridgehead atoms. The van der Waals surface area contributed by atoms with Gasteiger partial charge in [-0.3, -0.25) is 4.79 Å². The Labute approximate surface area is 158 Å². The van der Waals surface area contributed by atoms with Crippen molar-refractivity contribution in [2.45, 2.75) is 24.2 Å². The Morgan fingerprint density at radius 3 is 2.44 bits per heavy atom. The van der Waals surface area contributed by atoms with E-state index >= 15 is 0 Å². The number of carbonyl (C=O) groups is 1. The lowest BCUT2D eigenvalue weighted by atomic mass is 9.97. The van der Waals surface area contributed by atoms with Gasteiger partial charge < -0.3 is 10.1 Å². The van der Waals surface area contributed by atoms with Crippen LogP contribution in [0.25, 0.3) is 0 Å². The first kappa shape index (κ1) is 20.5. The van der Waals surface area contributed by atoms with Gasteiger partial charge in [-0.15, -0.1) is 0 Å². The van der Waals surface area contributed by atoms with Crippen LogP contribution in [0.5, 0.6) is 0 Å². The number of carbonyl (C=O) groups excluding carboxylic acids is 1. The minimum atomic E-state index is -3.78. The van der Waals surface area contributed by atoms with Gasteiger partial charge in [0.2, 0.25) is 15.9 Å². The molecule has 1 aromatic carbocycles. The number of methoxy groups -OCH3 is 1. The number of nitrogens with zero attached hydrogens (tertiary/aromatic N) is 1. The maximum atomic E-state index is 12.8. The molecule has 2 rings (SSSR count). The molecule has 1 heterocycles. The normalized spacial score (nSPS) is 16.8. The molecule has 1 fully saturated rings. The van der Waals surface area contributed by atoms with E-state index in [2.05, 4.69) is 5.32 Å². The molecule has 1 aliphatic rings. The lowest BCUT2D eigenvalue weighted by Crippen LogP contribution is -2.43. The molecule has 0 unspecified atom stereocenters. The van der Waals surface area contributed by atoms with Gasteiger partial charge >= 0.3 is 0 Å². The van der Waals surface area contributed by atoms with Crippen LogP contribution in [0.4, 0.5) is 0 Å². The summed E-state index contributed by atoms with van der Waals surface area (Å²) in [6, 6.07) is 4.60. The third kappa shape index (κ3) is 5.08. The minimum absolute atomic E-state index is 0.0380. The van der Waals surface area contributed by atoms with Crippen molar-refractivity contribution in [3.63, 3.8) is 0 Å². The molecule has 1 aromatic rings. The number of sulfonamides is 1. The van der Waals surface area contributed by atoms with Crippen molar-refractivity contribution in [1.29, 1.82) is 0 Å². The number of ether oxygens (including phenoxy) is 1. The van der Waals surface area contributed by atoms with Gasteiger partial charge in [0.25, 0.3) is 0 Å². The highest BCUT2D eigenvalue weighted by Crippen LogP contribution is 2.33. The number of benzene rings is 1. The molecule has 25 heavy (non-hydrogen) atoms. The molecular formula is C16H22Cl2N2O4S. The van der Waals surface area contributed by atoms with Crippen molar-refractivity contribution >= 4 is 39.1 Å². The van der Waals surface area contributed by atoms with Crippen LogP contribution < -0.4 is 5.32 Å². The number of piperidine rings is 1. The minimum Gasteiger partial charge on any atom is -0.385 e. The monoisotopic (exact) mass is 408 g/mol. The lowest BCUT2D eigenvalue weighted by Gasteiger charge is -2.31. The Balaban J connectivity index is 1.96. The highest BCUT2D eigenvalue weighted by atomic mass is 35.5. The number of amides is 1. The van der Waals surface area contributed by atoms with E-state index in [1.165, 1.54) is 16.4 Å². The second-order valence-corrected chi connectivity index (χ2v) is 8.56. The van der Waals surface area contributed by atoms with Gasteiger partial charge in [-0.25, -0.2) is 8.42 Å². The Kier molecular flexibility index (Phi) is 7.51. The van der Waals surface area contributed by atoms with E-state index < -0.39 is 10.0 Å². The molecule has 0 radical (unpaired) electrons. The average molecular weight is 409 g/mol. The molecule has 0 spiro atoms. The van der Waals surface area contributed by atoms with Crippen LogP contribution in [0.1, 0.15) is 19.3 Å². The van der Waals surface area contributed by atoms with Crippen molar-refractivity contribution < 1.29 is 17.9 Å². The van der Waals surface area contributed by atoms with Crippen LogP contribution in [-0.4, -0.2) is 52.0 Å². The Hall–Kier alpha value is -0.860. The summed E-state index contributed by atoms with van der Waals surface area (Å²) in [6.45, 7) is 1.68. The average Bonchev–Trinajstić information content (AvgIpc) is 2.58. The molecule has 0 aliphatic carbocycles. The van der Waals surface area contributed by atoms with Gasteiger partial charge in [0.15, 0.2) is 0 Å². The number of hydrogen-bond donors (Lipinski definition) is 1. The van der Waals surface area contributed by atoms with E-state index in [0.717, 1.165) is 6.42 Å². The van der Waals surface area contributed by atoms with Gasteiger partial charge in [-0.05, 0) is 31.4 Å². The quantitative estimate of drug-likeness (QED) is 0.703. The van der Waals surface area contributed by atoms with E-state index in [1.54, 1.807) is 13.2 Å². The fourth-order valence-electron chi connectivity index (χ4n) is 2.79. The van der Waals surface area contributed by atoms with Crippen molar-refractivity contribution in [1.82, 2.24) is 9.62 Å². The summed E-state index contributed by atoms with van der Waals surface area (Å²) in [7, 11) is -2.16. The predicted molar refractivity (Wildman–Crippen MR) is 97.4 cm³/mol. The molecule has 1 saturated heterocycles. The second-order valence-electron chi connectivity index (χ2n) is 5.87. The number of nitrogens with one attached hydrogen (secondary N) is 1. The Morgan fingerprint density at radius 2 is 1.88 bits per heavy atom. The number of rotatable bonds is 7. The summed E-state index contributed by atoms with van der Waals surface area (Å²) in [5.74, 6) is -0.223. The Morgan fingerprint density at radius 1 is 1.28 bits per heavy atom. The molecular weight excluding hydrogens is 387 g/mol. The van der Waals surface area contributed by atoms with Crippen molar-refractivity contribution in [2.24, 2.45) is 5.92 Å². The molecule has 1 amide bonds. The highest BCUT2D eigenvalue weighted by molar-refractivity contribution is 7.89. The molecule has 0 atom stereocenters. The summed E-state index contributed by atoms with van der Waals surface area (Å²) in [6.07, 6.45) is 1.69. The molecule has 140 valence electrons. The standard InChI is InChI=1S/C16H22Cl2N2O4S/c1-24-11-3-8-19-16(21)12-6-9-20(10-7-12)25(22,23)15-13(17)4-2-5-14(15)18/h2,4-5,12H,3,6-11H2,1H3,(H,19,21). The summed E-state index contributed by atoms with van der Waals surface area (Å²) < 4.78 is 31.9. The van der Waals surface area contributed by atoms with Crippen molar-refractivity contribution in [2.75, 3.05) is 33.4 Å². The Bertz CT molecular complexity index is 684. The lowest BCUT2D eigenvalue weighted by molar-refractivity contribution is -0.126. The summed E-state index contributed by atoms with van der Waals surface area (Å²) in [4.78, 5) is 12.1. The van der Waals surface area contributed by atoms with Gasteiger partial charge in [0.05, 0.1) is 10.0 Å². The number of halogens is 2. The maximum Gasteiger partial charge on any atom is 0.246 e. The largest absolute Gasteiger partial charge is 0.385 e. The molecule has 9 heteroatoms. The smallest absolute Gasteiger partial charge is 0.246 e. The SMILES string of the molecule is COCCCNC(=O)C1CCN(S(=O)(=O)c2c(Cl)cccc2Cl)CC1. The van der Waals surface area contributed by atoms with Gasteiger partial charge in [0.1, 0.15) is 4.90 Å². The summed E-state index contributed by atoms with van der Waals surface area (Å²) >= 11 is 12.1. The molecule has 1 N–H and O–H groups in total. The fraction of sp³-hybridized carbons (Fsp3) is 0.562. The van der Waals surface area contributed by atoms with Crippen LogP contribution in [-0.2, 0) is 19.6 Å². The highest BCUT2D eigenvalue weighted by Gasteiger charge is 2.34. The summed E-state index contributed by atoms with van der Waals surface area (Å²) in [5, 5.41) is 3.07. The fourth-order valence-corrected chi connectivity index (χ4v) is 5.35. The molecule has 0 saturated carbocycles. The van der Waals surface area contributed by atoms with Gasteiger partial charge in [-0.2, -0.15) is 4.31 Å². The number of hydrogen-bond acceptors (Lipinski definition) is 4. The van der Waals surface area contributed by atoms with E-state index in [1.807, 2.05) is 0 Å². The van der Waals surface area contributed by atoms with Crippen LogP contribution in [0.3, 0.4) is 0 Å². The molecule has 6 nitrogen and oxygen atoms in total. The first-order chi connectivity index (χ1) is 11.9. The van der Waals surface area contributed by atoms with Crippen molar-refractivity contribution in [3.05, 3.63) is 28.2 Å². The zero-order chi connectivity index (χ0) is 18.4. The van der Waals surface area contributed by atoms with Crippen LogP contribution in [0.2, 0.25) is 10.0 Å². The van der Waals surface area contributed by atoms with E-state index in [-0.39, 0.29) is 39.9 Å². The first-order valence-electron chi connectivity index (χ1n) is 8.08. The van der Waals surface area contributed by atoms with Gasteiger partial charge in [-0.1, -0.05) is 29.3 Å². The van der Waals surface area contributed by atoms with E-state index in [9.17, 15) is 13.2 Å². The third-order valence-corrected chi connectivity index (χ3v) is 7.02. The zero-order valence-corrected chi connectivity index (χ0v) is 16.3. The van der Waals surface area contributed by atoms with Gasteiger partial charge in [0, 0.05) is 39.3 Å². The topological polar surface area (TPSA) is 75.7 Å². The van der Waals surface area contributed by atoms with Crippen LogP contribution >= 0.6 is 23.2 Å². The van der Waals surface area contributed by atoms with Crippen LogP contribution in [0, 0.1) is 5.92 Å². The second kappa shape index (κ2) is 9.19. The van der Waals surface area contributed by atoms with E-state index in [0.29, 0.717) is 26.0 Å². The molecule has 0 aromatic heterocycles. The van der Waals surface area contributed by atoms with Crippen LogP contribution in [0.15, 0.2) is 23.1 Å². The zero-order valence-electron chi connectivity index (χ0n) is 14.0. The third-order valence-electron chi connectivity index (χ3n) is 4.17. The van der Waals surface area contributed by atoms with E-state index in [4.69, 9.17) is 27.9 Å². The summed E-state index contributed by atoms with van der Waals surface area (Å²) in [5.41, 5.74) is 0. The molecule has 1 aliphatic heterocycles. The predicted octanol–water partition coefficient (Wildman–Crippen LogP) is 2.55. The first-order valence-corrected chi connectivity index (χ1v) is 10.3.